The smallest absolute Gasteiger partial charge is 0.328 e. The highest BCUT2D eigenvalue weighted by molar-refractivity contribution is 7.92. The van der Waals surface area contributed by atoms with Gasteiger partial charge in [-0.2, -0.15) is 0 Å². The molecule has 120 valence electrons. The Kier molecular flexibility index (Phi) is 5.08. The Morgan fingerprint density at radius 3 is 2.61 bits per heavy atom. The largest absolute Gasteiger partial charge is 0.478 e. The summed E-state index contributed by atoms with van der Waals surface area (Å²) in [6.45, 7) is 1.78. The molecule has 0 aliphatic heterocycles. The summed E-state index contributed by atoms with van der Waals surface area (Å²) in [7, 11) is -3.78. The Labute approximate surface area is 139 Å². The van der Waals surface area contributed by atoms with Crippen LogP contribution in [0.4, 0.5) is 5.69 Å². The number of rotatable bonds is 5. The molecule has 0 atom stereocenters. The fourth-order valence-electron chi connectivity index (χ4n) is 1.88. The van der Waals surface area contributed by atoms with Crippen molar-refractivity contribution in [2.24, 2.45) is 0 Å². The van der Waals surface area contributed by atoms with E-state index in [9.17, 15) is 13.2 Å². The minimum atomic E-state index is -3.78. The maximum Gasteiger partial charge on any atom is 0.328 e. The zero-order valence-electron chi connectivity index (χ0n) is 12.2. The molecule has 0 aliphatic rings. The van der Waals surface area contributed by atoms with E-state index in [0.717, 1.165) is 11.6 Å². The Morgan fingerprint density at radius 2 is 1.96 bits per heavy atom. The van der Waals surface area contributed by atoms with E-state index in [4.69, 9.17) is 16.7 Å². The first-order valence-electron chi connectivity index (χ1n) is 6.58. The van der Waals surface area contributed by atoms with E-state index in [1.54, 1.807) is 37.3 Å². The summed E-state index contributed by atoms with van der Waals surface area (Å²) in [5.74, 6) is -1.10. The predicted molar refractivity (Wildman–Crippen MR) is 90.1 cm³/mol. The summed E-state index contributed by atoms with van der Waals surface area (Å²) >= 11 is 5.92. The highest BCUT2D eigenvalue weighted by Gasteiger charge is 2.14. The number of sulfonamides is 1. The molecular weight excluding hydrogens is 338 g/mol. The van der Waals surface area contributed by atoms with Gasteiger partial charge >= 0.3 is 5.97 Å². The van der Waals surface area contributed by atoms with E-state index in [-0.39, 0.29) is 4.90 Å². The zero-order valence-corrected chi connectivity index (χ0v) is 13.7. The van der Waals surface area contributed by atoms with Crippen molar-refractivity contribution in [3.8, 4) is 0 Å². The molecule has 0 spiro atoms. The van der Waals surface area contributed by atoms with E-state index in [0.29, 0.717) is 16.3 Å². The molecule has 0 bridgehead atoms. The summed E-state index contributed by atoms with van der Waals surface area (Å²) in [6.07, 6.45) is 2.27. The second kappa shape index (κ2) is 6.85. The summed E-state index contributed by atoms with van der Waals surface area (Å²) in [5.41, 5.74) is 1.63. The van der Waals surface area contributed by atoms with Crippen molar-refractivity contribution in [3.63, 3.8) is 0 Å². The van der Waals surface area contributed by atoms with Gasteiger partial charge in [-0.25, -0.2) is 13.2 Å². The third-order valence-corrected chi connectivity index (χ3v) is 4.80. The van der Waals surface area contributed by atoms with E-state index < -0.39 is 16.0 Å². The number of hydrogen-bond donors (Lipinski definition) is 2. The first-order chi connectivity index (χ1) is 10.8. The molecule has 2 rings (SSSR count). The van der Waals surface area contributed by atoms with Crippen LogP contribution in [0, 0.1) is 6.92 Å². The van der Waals surface area contributed by atoms with Crippen LogP contribution < -0.4 is 4.72 Å². The Balaban J connectivity index is 2.30. The van der Waals surface area contributed by atoms with E-state index in [1.807, 2.05) is 0 Å². The Bertz CT molecular complexity index is 875. The van der Waals surface area contributed by atoms with Gasteiger partial charge in [0.25, 0.3) is 10.0 Å². The molecule has 0 saturated heterocycles. The van der Waals surface area contributed by atoms with Crippen LogP contribution >= 0.6 is 11.6 Å². The lowest BCUT2D eigenvalue weighted by Crippen LogP contribution is -2.13. The van der Waals surface area contributed by atoms with Crippen LogP contribution in [-0.2, 0) is 14.8 Å². The maximum atomic E-state index is 12.4. The zero-order chi connectivity index (χ0) is 17.0. The predicted octanol–water partition coefficient (Wildman–Crippen LogP) is 3.55. The van der Waals surface area contributed by atoms with Crippen LogP contribution in [0.2, 0.25) is 5.02 Å². The SMILES string of the molecule is Cc1cc(NS(=O)(=O)c2cccc(/C=C/C(=O)O)c2)ccc1Cl. The lowest BCUT2D eigenvalue weighted by atomic mass is 10.2. The van der Waals surface area contributed by atoms with Gasteiger partial charge in [0.15, 0.2) is 0 Å². The fraction of sp³-hybridized carbons (Fsp3) is 0.0625. The Morgan fingerprint density at radius 1 is 1.22 bits per heavy atom. The molecule has 0 unspecified atom stereocenters. The lowest BCUT2D eigenvalue weighted by Gasteiger charge is -2.10. The standard InChI is InChI=1S/C16H14ClNO4S/c1-11-9-13(6-7-15(11)17)18-23(21,22)14-4-2-3-12(10-14)5-8-16(19)20/h2-10,18H,1H3,(H,19,20)/b8-5+. The van der Waals surface area contributed by atoms with Crippen molar-refractivity contribution in [1.29, 1.82) is 0 Å². The highest BCUT2D eigenvalue weighted by Crippen LogP contribution is 2.22. The number of carbonyl (C=O) groups is 1. The average Bonchev–Trinajstić information content (AvgIpc) is 2.49. The molecule has 0 aliphatic carbocycles. The van der Waals surface area contributed by atoms with Crippen molar-refractivity contribution < 1.29 is 18.3 Å². The van der Waals surface area contributed by atoms with Crippen molar-refractivity contribution in [1.82, 2.24) is 0 Å². The monoisotopic (exact) mass is 351 g/mol. The van der Waals surface area contributed by atoms with Crippen molar-refractivity contribution in [2.45, 2.75) is 11.8 Å². The summed E-state index contributed by atoms with van der Waals surface area (Å²) in [4.78, 5) is 10.6. The van der Waals surface area contributed by atoms with Crippen LogP contribution in [0.15, 0.2) is 53.4 Å². The third kappa shape index (κ3) is 4.58. The van der Waals surface area contributed by atoms with Gasteiger partial charge in [0, 0.05) is 16.8 Å². The number of hydrogen-bond acceptors (Lipinski definition) is 3. The van der Waals surface area contributed by atoms with Gasteiger partial charge in [-0.3, -0.25) is 4.72 Å². The summed E-state index contributed by atoms with van der Waals surface area (Å²) < 4.78 is 27.3. The lowest BCUT2D eigenvalue weighted by molar-refractivity contribution is -0.131. The van der Waals surface area contributed by atoms with Gasteiger partial charge < -0.3 is 5.11 Å². The minimum Gasteiger partial charge on any atom is -0.478 e. The molecule has 2 aromatic rings. The van der Waals surface area contributed by atoms with Gasteiger partial charge in [0.1, 0.15) is 0 Å². The average molecular weight is 352 g/mol. The molecule has 7 heteroatoms. The van der Waals surface area contributed by atoms with Crippen LogP contribution in [0.25, 0.3) is 6.08 Å². The summed E-state index contributed by atoms with van der Waals surface area (Å²) in [6, 6.07) is 10.8. The number of benzene rings is 2. The molecular formula is C16H14ClNO4S. The topological polar surface area (TPSA) is 83.5 Å². The van der Waals surface area contributed by atoms with E-state index in [1.165, 1.54) is 18.2 Å². The molecule has 23 heavy (non-hydrogen) atoms. The number of aryl methyl sites for hydroxylation is 1. The number of aliphatic carboxylic acids is 1. The van der Waals surface area contributed by atoms with Crippen molar-refractivity contribution in [3.05, 3.63) is 64.7 Å². The van der Waals surface area contributed by atoms with Crippen LogP contribution in [0.3, 0.4) is 0 Å². The molecule has 0 aromatic heterocycles. The van der Waals surface area contributed by atoms with E-state index >= 15 is 0 Å². The minimum absolute atomic E-state index is 0.0395. The second-order valence-corrected chi connectivity index (χ2v) is 6.90. The maximum absolute atomic E-state index is 12.4. The first kappa shape index (κ1) is 17.1. The van der Waals surface area contributed by atoms with Crippen molar-refractivity contribution >= 4 is 39.4 Å². The first-order valence-corrected chi connectivity index (χ1v) is 8.44. The van der Waals surface area contributed by atoms with Gasteiger partial charge in [0.05, 0.1) is 4.90 Å². The van der Waals surface area contributed by atoms with Gasteiger partial charge in [-0.15, -0.1) is 0 Å². The van der Waals surface area contributed by atoms with E-state index in [2.05, 4.69) is 4.72 Å². The summed E-state index contributed by atoms with van der Waals surface area (Å²) in [5, 5.41) is 9.17. The molecule has 0 heterocycles. The quantitative estimate of drug-likeness (QED) is 0.807. The highest BCUT2D eigenvalue weighted by atomic mass is 35.5. The number of carboxylic acids is 1. The number of nitrogens with one attached hydrogen (secondary N) is 1. The molecule has 0 amide bonds. The van der Waals surface area contributed by atoms with Gasteiger partial charge in [-0.1, -0.05) is 23.7 Å². The van der Waals surface area contributed by atoms with Crippen LogP contribution in [0.5, 0.6) is 0 Å². The van der Waals surface area contributed by atoms with Crippen LogP contribution in [-0.4, -0.2) is 19.5 Å². The normalized spacial score (nSPS) is 11.6. The number of carboxylic acid groups (broad SMARTS) is 1. The van der Waals surface area contributed by atoms with Crippen LogP contribution in [0.1, 0.15) is 11.1 Å². The van der Waals surface area contributed by atoms with Gasteiger partial charge in [0.2, 0.25) is 0 Å². The third-order valence-electron chi connectivity index (χ3n) is 3.00. The fourth-order valence-corrected chi connectivity index (χ4v) is 3.10. The Hall–Kier alpha value is -2.31. The number of halogens is 1. The number of anilines is 1. The second-order valence-electron chi connectivity index (χ2n) is 4.81. The molecule has 0 radical (unpaired) electrons. The molecule has 0 fully saturated rings. The van der Waals surface area contributed by atoms with Gasteiger partial charge in [-0.05, 0) is 54.5 Å². The molecule has 2 aromatic carbocycles. The molecule has 5 nitrogen and oxygen atoms in total. The molecule has 0 saturated carbocycles. The van der Waals surface area contributed by atoms with Crippen molar-refractivity contribution in [2.75, 3.05) is 4.72 Å². The molecule has 2 N–H and O–H groups in total.